The first-order valence-electron chi connectivity index (χ1n) is 20.3. The van der Waals surface area contributed by atoms with Crippen molar-refractivity contribution in [3.8, 4) is 39.6 Å². The Hall–Kier alpha value is -8.42. The smallest absolute Gasteiger partial charge is 0.160 e. The summed E-state index contributed by atoms with van der Waals surface area (Å²) in [5.41, 5.74) is 15.0. The fourth-order valence-corrected chi connectivity index (χ4v) is 8.40. The van der Waals surface area contributed by atoms with E-state index in [1.54, 1.807) is 0 Å². The van der Waals surface area contributed by atoms with Crippen LogP contribution in [0, 0.1) is 5.41 Å². The van der Waals surface area contributed by atoms with Crippen LogP contribution in [0.1, 0.15) is 11.1 Å². The fourth-order valence-electron chi connectivity index (χ4n) is 8.40. The Bertz CT molecular complexity index is 3390. The number of amidine groups is 2. The molecule has 0 saturated heterocycles. The third-order valence-electron chi connectivity index (χ3n) is 11.2. The number of hydrogen-bond donors (Lipinski definition) is 2. The Labute approximate surface area is 352 Å². The average molecular weight is 784 g/mol. The molecule has 7 heteroatoms. The molecule has 11 rings (SSSR count). The monoisotopic (exact) mass is 783 g/mol. The fraction of sp³-hybridized carbons (Fsp3) is 0. The Balaban J connectivity index is 1.05. The van der Waals surface area contributed by atoms with Crippen molar-refractivity contribution < 1.29 is 0 Å². The number of aliphatic imine (C=N–C) groups is 1. The Morgan fingerprint density at radius 3 is 1.77 bits per heavy atom. The first-order valence-corrected chi connectivity index (χ1v) is 20.3. The van der Waals surface area contributed by atoms with Gasteiger partial charge in [-0.25, -0.2) is 15.0 Å². The summed E-state index contributed by atoms with van der Waals surface area (Å²) in [5, 5.41) is 14.1. The number of nitrogens with one attached hydrogen (secondary N) is 2. The number of fused-ring (bicyclic) bond motifs is 7. The minimum atomic E-state index is 0.112. The van der Waals surface area contributed by atoms with E-state index in [0.29, 0.717) is 17.2 Å². The molecule has 7 nitrogen and oxygen atoms in total. The lowest BCUT2D eigenvalue weighted by Gasteiger charge is -2.15. The highest BCUT2D eigenvalue weighted by Gasteiger charge is 2.21. The number of rotatable bonds is 7. The molecule has 0 amide bonds. The Morgan fingerprint density at radius 1 is 0.459 bits per heavy atom. The predicted molar refractivity (Wildman–Crippen MR) is 251 cm³/mol. The first kappa shape index (κ1) is 35.7. The first-order chi connectivity index (χ1) is 30.2. The Kier molecular flexibility index (Phi) is 8.82. The van der Waals surface area contributed by atoms with E-state index in [-0.39, 0.29) is 5.84 Å². The van der Waals surface area contributed by atoms with E-state index in [1.165, 1.54) is 10.8 Å². The lowest BCUT2D eigenvalue weighted by atomic mass is 10.0. The van der Waals surface area contributed by atoms with Crippen LogP contribution < -0.4 is 5.43 Å². The second-order valence-electron chi connectivity index (χ2n) is 15.0. The molecule has 0 aliphatic carbocycles. The molecule has 0 aliphatic rings. The maximum Gasteiger partial charge on any atom is 0.160 e. The normalized spacial score (nSPS) is 11.8. The maximum atomic E-state index is 9.50. The van der Waals surface area contributed by atoms with Crippen LogP contribution in [-0.4, -0.2) is 30.9 Å². The quantitative estimate of drug-likeness (QED) is 0.125. The van der Waals surface area contributed by atoms with E-state index in [4.69, 9.17) is 15.0 Å². The summed E-state index contributed by atoms with van der Waals surface area (Å²) in [6.07, 6.45) is 0. The minimum Gasteiger partial charge on any atom is -0.309 e. The molecule has 0 radical (unpaired) electrons. The lowest BCUT2D eigenvalue weighted by molar-refractivity contribution is 1.08. The molecule has 61 heavy (non-hydrogen) atoms. The van der Waals surface area contributed by atoms with Gasteiger partial charge < -0.3 is 4.57 Å². The van der Waals surface area contributed by atoms with Gasteiger partial charge in [-0.1, -0.05) is 170 Å². The van der Waals surface area contributed by atoms with E-state index < -0.39 is 0 Å². The molecule has 8 aromatic carbocycles. The van der Waals surface area contributed by atoms with E-state index in [2.05, 4.69) is 118 Å². The van der Waals surface area contributed by atoms with Gasteiger partial charge in [-0.2, -0.15) is 0 Å². The minimum absolute atomic E-state index is 0.112. The van der Waals surface area contributed by atoms with Crippen LogP contribution in [0.15, 0.2) is 217 Å². The highest BCUT2D eigenvalue weighted by Crippen LogP contribution is 2.40. The molecule has 0 aliphatic heterocycles. The van der Waals surface area contributed by atoms with Crippen molar-refractivity contribution in [1.82, 2.24) is 19.2 Å². The van der Waals surface area contributed by atoms with E-state index in [9.17, 15) is 5.41 Å². The van der Waals surface area contributed by atoms with Crippen molar-refractivity contribution in [3.63, 3.8) is 0 Å². The van der Waals surface area contributed by atoms with Crippen LogP contribution in [0.5, 0.6) is 0 Å². The SMILES string of the molecule is N=C(/N=C(\Nn1c2ccccc2c2c1ccc1c3ccccc3n(-c3ccccc3)c12)c1ccccc1)c1cccc(-c2cc(-c3ccccc3)nc(-c3ccccc3)n2)c1. The van der Waals surface area contributed by atoms with Gasteiger partial charge in [-0.3, -0.25) is 15.5 Å². The van der Waals surface area contributed by atoms with Gasteiger partial charge in [0.05, 0.1) is 33.5 Å². The molecule has 3 heterocycles. The van der Waals surface area contributed by atoms with Gasteiger partial charge in [-0.05, 0) is 42.5 Å². The topological polar surface area (TPSA) is 83.9 Å². The molecule has 11 aromatic rings. The highest BCUT2D eigenvalue weighted by atomic mass is 15.4. The van der Waals surface area contributed by atoms with E-state index in [0.717, 1.165) is 72.2 Å². The van der Waals surface area contributed by atoms with Crippen molar-refractivity contribution >= 4 is 55.3 Å². The third-order valence-corrected chi connectivity index (χ3v) is 11.2. The molecular weight excluding hydrogens is 747 g/mol. The average Bonchev–Trinajstić information content (AvgIpc) is 3.84. The summed E-state index contributed by atoms with van der Waals surface area (Å²) < 4.78 is 4.49. The van der Waals surface area contributed by atoms with Gasteiger partial charge in [0.2, 0.25) is 0 Å². The van der Waals surface area contributed by atoms with Crippen LogP contribution in [0.3, 0.4) is 0 Å². The van der Waals surface area contributed by atoms with Gasteiger partial charge in [0.25, 0.3) is 0 Å². The van der Waals surface area contributed by atoms with Gasteiger partial charge >= 0.3 is 0 Å². The van der Waals surface area contributed by atoms with Crippen LogP contribution in [-0.2, 0) is 0 Å². The maximum absolute atomic E-state index is 9.50. The van der Waals surface area contributed by atoms with Crippen molar-refractivity contribution in [2.45, 2.75) is 0 Å². The standard InChI is InChI=1S/C54H37N7/c55-52(40-25-17-24-39(34-40)46-35-45(36-18-5-1-6-19-36)56-53(57-46)37-20-7-2-8-21-37)58-54(38-22-9-3-10-23-38)59-61-48-31-16-14-29-44(48)50-49(61)33-32-43-42-28-13-15-30-47(42)60(51(43)50)41-26-11-4-12-27-41/h1-35H,(H2,55,58,59). The van der Waals surface area contributed by atoms with Crippen molar-refractivity contribution in [2.24, 2.45) is 4.99 Å². The lowest BCUT2D eigenvalue weighted by Crippen LogP contribution is -2.25. The molecule has 0 saturated carbocycles. The van der Waals surface area contributed by atoms with Gasteiger partial charge in [0.15, 0.2) is 17.5 Å². The van der Waals surface area contributed by atoms with Crippen LogP contribution in [0.2, 0.25) is 0 Å². The van der Waals surface area contributed by atoms with Crippen molar-refractivity contribution in [2.75, 3.05) is 5.43 Å². The molecule has 3 aromatic heterocycles. The Morgan fingerprint density at radius 2 is 1.03 bits per heavy atom. The number of hydrogen-bond acceptors (Lipinski definition) is 3. The molecule has 0 bridgehead atoms. The predicted octanol–water partition coefficient (Wildman–Crippen LogP) is 12.7. The van der Waals surface area contributed by atoms with Gasteiger partial charge in [-0.15, -0.1) is 0 Å². The third kappa shape index (κ3) is 6.42. The molecule has 0 unspecified atom stereocenters. The zero-order chi connectivity index (χ0) is 40.7. The summed E-state index contributed by atoms with van der Waals surface area (Å²) >= 11 is 0. The van der Waals surface area contributed by atoms with E-state index in [1.807, 2.05) is 109 Å². The molecule has 0 spiro atoms. The second kappa shape index (κ2) is 15.1. The van der Waals surface area contributed by atoms with Gasteiger partial charge in [0, 0.05) is 55.0 Å². The number of benzene rings is 8. The zero-order valence-electron chi connectivity index (χ0n) is 32.9. The molecule has 2 N–H and O–H groups in total. The summed E-state index contributed by atoms with van der Waals surface area (Å²) in [4.78, 5) is 15.1. The highest BCUT2D eigenvalue weighted by molar-refractivity contribution is 6.26. The summed E-state index contributed by atoms with van der Waals surface area (Å²) in [7, 11) is 0. The molecule has 288 valence electrons. The summed E-state index contributed by atoms with van der Waals surface area (Å²) in [5.74, 6) is 1.29. The van der Waals surface area contributed by atoms with Crippen molar-refractivity contribution in [1.29, 1.82) is 5.41 Å². The number of para-hydroxylation sites is 3. The summed E-state index contributed by atoms with van der Waals surface area (Å²) in [6, 6.07) is 72.2. The molecule has 0 fully saturated rings. The largest absolute Gasteiger partial charge is 0.309 e. The van der Waals surface area contributed by atoms with Crippen LogP contribution >= 0.6 is 0 Å². The van der Waals surface area contributed by atoms with Crippen LogP contribution in [0.25, 0.3) is 83.2 Å². The molecule has 0 atom stereocenters. The van der Waals surface area contributed by atoms with E-state index >= 15 is 0 Å². The van der Waals surface area contributed by atoms with Gasteiger partial charge in [0.1, 0.15) is 0 Å². The number of nitrogens with zero attached hydrogens (tertiary/aromatic N) is 5. The number of aromatic nitrogens is 4. The van der Waals surface area contributed by atoms with Crippen molar-refractivity contribution in [3.05, 3.63) is 223 Å². The zero-order valence-corrected chi connectivity index (χ0v) is 32.9. The summed E-state index contributed by atoms with van der Waals surface area (Å²) in [6.45, 7) is 0. The molecular formula is C54H37N7. The van der Waals surface area contributed by atoms with Crippen LogP contribution in [0.4, 0.5) is 0 Å². The second-order valence-corrected chi connectivity index (χ2v) is 15.0.